The van der Waals surface area contributed by atoms with Gasteiger partial charge in [-0.15, -0.1) is 11.6 Å². The average molecular weight is 304 g/mol. The maximum absolute atomic E-state index is 12.0. The number of rotatable bonds is 7. The summed E-state index contributed by atoms with van der Waals surface area (Å²) in [5, 5.41) is 3.26. The van der Waals surface area contributed by atoms with Gasteiger partial charge in [-0.2, -0.15) is 0 Å². The molecule has 0 fully saturated rings. The van der Waals surface area contributed by atoms with Crippen LogP contribution >= 0.6 is 11.6 Å². The summed E-state index contributed by atoms with van der Waals surface area (Å²) in [5.74, 6) is 1.06. The summed E-state index contributed by atoms with van der Waals surface area (Å²) in [4.78, 5) is 0.358. The Morgan fingerprint density at radius 2 is 1.89 bits per heavy atom. The number of hydrogen-bond donors (Lipinski definition) is 1. The summed E-state index contributed by atoms with van der Waals surface area (Å²) in [5.41, 5.74) is 0.649. The Bertz CT molecular complexity index is 500. The van der Waals surface area contributed by atoms with Gasteiger partial charge in [0.15, 0.2) is 9.84 Å². The Hall–Kier alpha value is -0.740. The number of sulfone groups is 1. The molecule has 3 nitrogen and oxygen atoms in total. The average Bonchev–Trinajstić information content (AvgIpc) is 2.38. The smallest absolute Gasteiger partial charge is 0.180 e. The van der Waals surface area contributed by atoms with Gasteiger partial charge in [-0.3, -0.25) is 0 Å². The van der Waals surface area contributed by atoms with E-state index in [4.69, 9.17) is 11.6 Å². The summed E-state index contributed by atoms with van der Waals surface area (Å²) < 4.78 is 24.1. The van der Waals surface area contributed by atoms with Crippen LogP contribution in [0.15, 0.2) is 29.2 Å². The highest BCUT2D eigenvalue weighted by Gasteiger charge is 2.18. The third kappa shape index (κ3) is 4.69. The second kappa shape index (κ2) is 7.15. The lowest BCUT2D eigenvalue weighted by Gasteiger charge is -2.21. The Morgan fingerprint density at radius 3 is 2.42 bits per heavy atom. The standard InChI is InChI=1S/C14H22ClNO2S/c1-4-19(17,18)14-8-6-5-7-13(14)16-12(10-15)9-11(2)3/h5-8,11-12,16H,4,9-10H2,1-3H3. The highest BCUT2D eigenvalue weighted by Crippen LogP contribution is 2.24. The van der Waals surface area contributed by atoms with E-state index in [2.05, 4.69) is 19.2 Å². The molecule has 0 aromatic heterocycles. The minimum Gasteiger partial charge on any atom is -0.380 e. The minimum absolute atomic E-state index is 0.0786. The fourth-order valence-electron chi connectivity index (χ4n) is 1.96. The molecule has 5 heteroatoms. The van der Waals surface area contributed by atoms with Gasteiger partial charge in [0.25, 0.3) is 0 Å². The van der Waals surface area contributed by atoms with Crippen LogP contribution in [-0.4, -0.2) is 26.1 Å². The lowest BCUT2D eigenvalue weighted by molar-refractivity contribution is 0.541. The van der Waals surface area contributed by atoms with E-state index in [-0.39, 0.29) is 11.8 Å². The van der Waals surface area contributed by atoms with Crippen molar-refractivity contribution < 1.29 is 8.42 Å². The van der Waals surface area contributed by atoms with Crippen LogP contribution in [0.3, 0.4) is 0 Å². The lowest BCUT2D eigenvalue weighted by atomic mass is 10.0. The van der Waals surface area contributed by atoms with E-state index >= 15 is 0 Å². The molecular weight excluding hydrogens is 282 g/mol. The first-order valence-corrected chi connectivity index (χ1v) is 8.73. The first-order valence-electron chi connectivity index (χ1n) is 6.55. The van der Waals surface area contributed by atoms with Crippen LogP contribution in [0.2, 0.25) is 0 Å². The first-order chi connectivity index (χ1) is 8.90. The third-order valence-electron chi connectivity index (χ3n) is 2.90. The Balaban J connectivity index is 3.01. The molecule has 0 saturated heterocycles. The highest BCUT2D eigenvalue weighted by atomic mass is 35.5. The van der Waals surface area contributed by atoms with Crippen molar-refractivity contribution in [2.45, 2.75) is 38.1 Å². The van der Waals surface area contributed by atoms with Crippen LogP contribution < -0.4 is 5.32 Å². The monoisotopic (exact) mass is 303 g/mol. The van der Waals surface area contributed by atoms with Crippen molar-refractivity contribution in [2.24, 2.45) is 5.92 Å². The van der Waals surface area contributed by atoms with E-state index in [1.165, 1.54) is 0 Å². The molecule has 1 rings (SSSR count). The molecule has 0 aliphatic heterocycles. The maximum Gasteiger partial charge on any atom is 0.180 e. The van der Waals surface area contributed by atoms with Crippen molar-refractivity contribution in [3.63, 3.8) is 0 Å². The zero-order chi connectivity index (χ0) is 14.5. The van der Waals surface area contributed by atoms with Gasteiger partial charge in [-0.05, 0) is 24.5 Å². The van der Waals surface area contributed by atoms with Gasteiger partial charge >= 0.3 is 0 Å². The maximum atomic E-state index is 12.0. The predicted octanol–water partition coefficient (Wildman–Crippen LogP) is 3.55. The van der Waals surface area contributed by atoms with E-state index in [0.29, 0.717) is 22.4 Å². The van der Waals surface area contributed by atoms with Crippen molar-refractivity contribution in [3.05, 3.63) is 24.3 Å². The molecule has 1 N–H and O–H groups in total. The topological polar surface area (TPSA) is 46.2 Å². The van der Waals surface area contributed by atoms with E-state index in [0.717, 1.165) is 6.42 Å². The molecular formula is C14H22ClNO2S. The van der Waals surface area contributed by atoms with Crippen molar-refractivity contribution >= 4 is 27.1 Å². The number of para-hydroxylation sites is 1. The zero-order valence-corrected chi connectivity index (χ0v) is 13.3. The molecule has 1 aromatic rings. The minimum atomic E-state index is -3.22. The van der Waals surface area contributed by atoms with Crippen LogP contribution in [0.1, 0.15) is 27.2 Å². The molecule has 0 amide bonds. The SMILES string of the molecule is CCS(=O)(=O)c1ccccc1NC(CCl)CC(C)C. The molecule has 0 heterocycles. The molecule has 0 aliphatic rings. The molecule has 19 heavy (non-hydrogen) atoms. The summed E-state index contributed by atoms with van der Waals surface area (Å²) >= 11 is 5.95. The summed E-state index contributed by atoms with van der Waals surface area (Å²) in [6.45, 7) is 5.89. The number of halogens is 1. The van der Waals surface area contributed by atoms with E-state index in [1.807, 2.05) is 6.07 Å². The van der Waals surface area contributed by atoms with Crippen LogP contribution in [-0.2, 0) is 9.84 Å². The summed E-state index contributed by atoms with van der Waals surface area (Å²) in [7, 11) is -3.22. The van der Waals surface area contributed by atoms with Crippen LogP contribution in [0, 0.1) is 5.92 Å². The van der Waals surface area contributed by atoms with Gasteiger partial charge < -0.3 is 5.32 Å². The molecule has 0 spiro atoms. The number of alkyl halides is 1. The second-order valence-electron chi connectivity index (χ2n) is 5.02. The Kier molecular flexibility index (Phi) is 6.14. The molecule has 0 aliphatic carbocycles. The predicted molar refractivity (Wildman–Crippen MR) is 81.8 cm³/mol. The highest BCUT2D eigenvalue weighted by molar-refractivity contribution is 7.91. The molecule has 0 bridgehead atoms. The molecule has 108 valence electrons. The van der Waals surface area contributed by atoms with Crippen molar-refractivity contribution in [2.75, 3.05) is 16.9 Å². The molecule has 0 radical (unpaired) electrons. The van der Waals surface area contributed by atoms with Gasteiger partial charge in [-0.1, -0.05) is 32.9 Å². The normalized spacial score (nSPS) is 13.5. The zero-order valence-electron chi connectivity index (χ0n) is 11.7. The fourth-order valence-corrected chi connectivity index (χ4v) is 3.22. The first kappa shape index (κ1) is 16.3. The Morgan fingerprint density at radius 1 is 1.26 bits per heavy atom. The van der Waals surface area contributed by atoms with Crippen LogP contribution in [0.4, 0.5) is 5.69 Å². The van der Waals surface area contributed by atoms with Crippen molar-refractivity contribution in [1.29, 1.82) is 0 Å². The second-order valence-corrected chi connectivity index (χ2v) is 7.58. The number of anilines is 1. The Labute approximate surface area is 121 Å². The molecule has 0 saturated carbocycles. The largest absolute Gasteiger partial charge is 0.380 e. The summed E-state index contributed by atoms with van der Waals surface area (Å²) in [6, 6.07) is 7.09. The van der Waals surface area contributed by atoms with Gasteiger partial charge in [0.2, 0.25) is 0 Å². The molecule has 1 atom stereocenters. The van der Waals surface area contributed by atoms with Crippen LogP contribution in [0.25, 0.3) is 0 Å². The van der Waals surface area contributed by atoms with Gasteiger partial charge in [0.1, 0.15) is 0 Å². The van der Waals surface area contributed by atoms with E-state index in [1.54, 1.807) is 25.1 Å². The van der Waals surface area contributed by atoms with Crippen molar-refractivity contribution in [3.8, 4) is 0 Å². The lowest BCUT2D eigenvalue weighted by Crippen LogP contribution is -2.24. The summed E-state index contributed by atoms with van der Waals surface area (Å²) in [6.07, 6.45) is 0.907. The quantitative estimate of drug-likeness (QED) is 0.784. The van der Waals surface area contributed by atoms with E-state index in [9.17, 15) is 8.42 Å². The van der Waals surface area contributed by atoms with Gasteiger partial charge in [0, 0.05) is 11.9 Å². The van der Waals surface area contributed by atoms with E-state index < -0.39 is 9.84 Å². The van der Waals surface area contributed by atoms with Crippen molar-refractivity contribution in [1.82, 2.24) is 0 Å². The van der Waals surface area contributed by atoms with Gasteiger partial charge in [0.05, 0.1) is 16.3 Å². The molecule has 1 aromatic carbocycles. The molecule has 1 unspecified atom stereocenters. The third-order valence-corrected chi connectivity index (χ3v) is 5.06. The number of benzene rings is 1. The number of nitrogens with one attached hydrogen (secondary N) is 1. The number of hydrogen-bond acceptors (Lipinski definition) is 3. The van der Waals surface area contributed by atoms with Crippen LogP contribution in [0.5, 0.6) is 0 Å². The fraction of sp³-hybridized carbons (Fsp3) is 0.571. The van der Waals surface area contributed by atoms with Gasteiger partial charge in [-0.25, -0.2) is 8.42 Å².